The lowest BCUT2D eigenvalue weighted by Crippen LogP contribution is -2.17. The van der Waals surface area contributed by atoms with Gasteiger partial charge in [0.2, 0.25) is 0 Å². The first-order chi connectivity index (χ1) is 21.8. The van der Waals surface area contributed by atoms with Gasteiger partial charge >= 0.3 is 5.97 Å². The Balaban J connectivity index is 0.00000175. The van der Waals surface area contributed by atoms with Crippen molar-refractivity contribution >= 4 is 5.97 Å². The maximum Gasteiger partial charge on any atom is 0.336 e. The van der Waals surface area contributed by atoms with Gasteiger partial charge < -0.3 is 19.7 Å². The van der Waals surface area contributed by atoms with E-state index in [0.29, 0.717) is 59.4 Å². The molecule has 5 aromatic rings. The third kappa shape index (κ3) is 5.33. The van der Waals surface area contributed by atoms with E-state index in [2.05, 4.69) is 0 Å². The van der Waals surface area contributed by atoms with Crippen molar-refractivity contribution in [2.75, 3.05) is 0 Å². The predicted molar refractivity (Wildman–Crippen MR) is 179 cm³/mol. The Bertz CT molecular complexity index is 1950. The van der Waals surface area contributed by atoms with Crippen LogP contribution in [0, 0.1) is 20.8 Å². The van der Waals surface area contributed by atoms with Gasteiger partial charge in [-0.2, -0.15) is 0 Å². The molecule has 0 saturated heterocycles. The Labute approximate surface area is 264 Å². The monoisotopic (exact) mass is 598 g/mol. The van der Waals surface area contributed by atoms with Gasteiger partial charge in [-0.3, -0.25) is 0 Å². The number of rotatable bonds is 5. The molecule has 0 heterocycles. The molecule has 0 unspecified atom stereocenters. The van der Waals surface area contributed by atoms with Gasteiger partial charge in [-0.15, -0.1) is 0 Å². The summed E-state index contributed by atoms with van der Waals surface area (Å²) in [5, 5.41) is 22.5. The first-order valence-electron chi connectivity index (χ1n) is 15.7. The number of hydrogen-bond donors (Lipinski definition) is 2. The molecule has 0 saturated carbocycles. The number of benzene rings is 5. The van der Waals surface area contributed by atoms with Crippen molar-refractivity contribution in [1.29, 1.82) is 0 Å². The van der Waals surface area contributed by atoms with Crippen molar-refractivity contribution in [1.82, 2.24) is 0 Å². The van der Waals surface area contributed by atoms with Crippen molar-refractivity contribution in [3.8, 4) is 51.0 Å². The number of aromatic carboxylic acids is 1. The van der Waals surface area contributed by atoms with Gasteiger partial charge in [0.05, 0.1) is 5.56 Å². The maximum absolute atomic E-state index is 13.2. The molecule has 2 N–H and O–H groups in total. The minimum Gasteiger partial charge on any atom is -0.507 e. The van der Waals surface area contributed by atoms with Crippen LogP contribution >= 0.6 is 0 Å². The molecule has 5 nitrogen and oxygen atoms in total. The molecular formula is C40H38O5. The Kier molecular flexibility index (Phi) is 8.11. The molecule has 5 aromatic carbocycles. The molecular weight excluding hydrogens is 560 g/mol. The van der Waals surface area contributed by atoms with E-state index in [1.165, 1.54) is 0 Å². The summed E-state index contributed by atoms with van der Waals surface area (Å²) in [6.45, 7) is 10.1. The van der Waals surface area contributed by atoms with E-state index >= 15 is 0 Å². The molecule has 0 aliphatic heterocycles. The highest BCUT2D eigenvalue weighted by atomic mass is 16.5. The van der Waals surface area contributed by atoms with E-state index in [-0.39, 0.29) is 11.3 Å². The number of aromatic hydroxyl groups is 1. The largest absolute Gasteiger partial charge is 0.507 e. The van der Waals surface area contributed by atoms with Gasteiger partial charge in [-0.05, 0) is 122 Å². The number of carboxylic acids is 1. The molecule has 0 amide bonds. The maximum atomic E-state index is 13.2. The van der Waals surface area contributed by atoms with E-state index in [1.54, 1.807) is 0 Å². The van der Waals surface area contributed by atoms with E-state index in [9.17, 15) is 15.0 Å². The van der Waals surface area contributed by atoms with Crippen molar-refractivity contribution in [2.45, 2.75) is 60.3 Å². The number of aryl methyl sites for hydroxylation is 4. The number of carboxylic acid groups (broad SMARTS) is 1. The van der Waals surface area contributed by atoms with Crippen LogP contribution in [0.15, 0.2) is 78.9 Å². The van der Waals surface area contributed by atoms with Gasteiger partial charge in [0.25, 0.3) is 0 Å². The van der Waals surface area contributed by atoms with Crippen LogP contribution in [0.5, 0.6) is 28.7 Å². The summed E-state index contributed by atoms with van der Waals surface area (Å²) in [5.41, 5.74) is 9.63. The van der Waals surface area contributed by atoms with Crippen molar-refractivity contribution < 1.29 is 24.5 Å². The van der Waals surface area contributed by atoms with Gasteiger partial charge in [0.1, 0.15) is 28.7 Å². The molecule has 0 bridgehead atoms. The number of carbonyl (C=O) groups is 1. The van der Waals surface area contributed by atoms with Crippen LogP contribution < -0.4 is 9.47 Å². The molecule has 228 valence electrons. The average molecular weight is 599 g/mol. The summed E-state index contributed by atoms with van der Waals surface area (Å²) < 4.78 is 12.6. The zero-order chi connectivity index (χ0) is 31.8. The highest BCUT2D eigenvalue weighted by Crippen LogP contribution is 2.51. The van der Waals surface area contributed by atoms with Crippen LogP contribution in [0.3, 0.4) is 0 Å². The SMILES string of the molecule is CC.Cc1ccccc1Oc1ccc2c(c1)-c1c(c(O)c3c(c1C(=O)O)-c1cc(Oc4cccc(C)c4C)ccc1CC3)CC2. The fourth-order valence-corrected chi connectivity index (χ4v) is 6.56. The minimum atomic E-state index is -1.01. The quantitative estimate of drug-likeness (QED) is 0.211. The lowest BCUT2D eigenvalue weighted by atomic mass is 9.74. The first-order valence-corrected chi connectivity index (χ1v) is 15.7. The van der Waals surface area contributed by atoms with E-state index in [1.807, 2.05) is 113 Å². The molecule has 0 spiro atoms. The summed E-state index contributed by atoms with van der Waals surface area (Å²) in [4.78, 5) is 13.2. The Morgan fingerprint density at radius 1 is 0.644 bits per heavy atom. The molecule has 5 heteroatoms. The lowest BCUT2D eigenvalue weighted by Gasteiger charge is -2.30. The van der Waals surface area contributed by atoms with Gasteiger partial charge in [-0.25, -0.2) is 4.79 Å². The van der Waals surface area contributed by atoms with Crippen molar-refractivity contribution in [2.24, 2.45) is 0 Å². The molecule has 2 aliphatic carbocycles. The van der Waals surface area contributed by atoms with Gasteiger partial charge in [-0.1, -0.05) is 56.3 Å². The normalized spacial score (nSPS) is 12.5. The summed E-state index contributed by atoms with van der Waals surface area (Å²) in [6, 6.07) is 25.5. The highest BCUT2D eigenvalue weighted by Gasteiger charge is 2.34. The van der Waals surface area contributed by atoms with E-state index in [0.717, 1.165) is 50.4 Å². The van der Waals surface area contributed by atoms with Crippen molar-refractivity contribution in [3.63, 3.8) is 0 Å². The molecule has 0 fully saturated rings. The van der Waals surface area contributed by atoms with Crippen LogP contribution in [0.4, 0.5) is 0 Å². The zero-order valence-corrected chi connectivity index (χ0v) is 26.5. The highest BCUT2D eigenvalue weighted by molar-refractivity contribution is 6.07. The van der Waals surface area contributed by atoms with E-state index in [4.69, 9.17) is 9.47 Å². The number of ether oxygens (including phenoxy) is 2. The number of phenolic OH excluding ortho intramolecular Hbond substituents is 1. The predicted octanol–water partition coefficient (Wildman–Crippen LogP) is 10.2. The first kappa shape index (κ1) is 30.0. The fourth-order valence-electron chi connectivity index (χ4n) is 6.56. The smallest absolute Gasteiger partial charge is 0.336 e. The van der Waals surface area contributed by atoms with Crippen molar-refractivity contribution in [3.05, 3.63) is 123 Å². The minimum absolute atomic E-state index is 0.206. The summed E-state index contributed by atoms with van der Waals surface area (Å²) in [7, 11) is 0. The van der Waals surface area contributed by atoms with Crippen LogP contribution in [0.25, 0.3) is 22.3 Å². The third-order valence-electron chi connectivity index (χ3n) is 8.98. The number of hydrogen-bond acceptors (Lipinski definition) is 4. The number of fused-ring (bicyclic) bond motifs is 6. The zero-order valence-electron chi connectivity index (χ0n) is 26.5. The summed E-state index contributed by atoms with van der Waals surface area (Å²) >= 11 is 0. The fraction of sp³-hybridized carbons (Fsp3) is 0.225. The molecule has 7 rings (SSSR count). The summed E-state index contributed by atoms with van der Waals surface area (Å²) in [5.74, 6) is 1.95. The van der Waals surface area contributed by atoms with Gasteiger partial charge in [0, 0.05) is 22.3 Å². The van der Waals surface area contributed by atoms with Crippen LogP contribution in [0.1, 0.15) is 63.1 Å². The number of para-hydroxylation sites is 1. The average Bonchev–Trinajstić information content (AvgIpc) is 3.05. The van der Waals surface area contributed by atoms with Gasteiger partial charge in [0.15, 0.2) is 0 Å². The Morgan fingerprint density at radius 2 is 1.16 bits per heavy atom. The van der Waals surface area contributed by atoms with Crippen LogP contribution in [-0.4, -0.2) is 16.2 Å². The van der Waals surface area contributed by atoms with Crippen LogP contribution in [-0.2, 0) is 25.7 Å². The van der Waals surface area contributed by atoms with Crippen LogP contribution in [0.2, 0.25) is 0 Å². The second kappa shape index (κ2) is 12.2. The molecule has 0 radical (unpaired) electrons. The molecule has 2 aliphatic rings. The second-order valence-electron chi connectivity index (χ2n) is 11.5. The summed E-state index contributed by atoms with van der Waals surface area (Å²) in [6.07, 6.45) is 2.57. The number of phenols is 1. The topological polar surface area (TPSA) is 76.0 Å². The molecule has 0 atom stereocenters. The molecule has 0 aromatic heterocycles. The third-order valence-corrected chi connectivity index (χ3v) is 8.98. The van der Waals surface area contributed by atoms with E-state index < -0.39 is 5.97 Å². The standard InChI is InChI=1S/C38H32O5.C2H6/c1-21-8-6-10-33(23(21)3)43-27-16-12-25-14-18-29-35(31(25)20-27)36(38(40)41)34-28(37(29)39)17-13-24-11-15-26(19-30(24)34)42-32-9-5-4-7-22(32)2;1-2/h4-12,15-16,19-20,39H,13-14,17-18H2,1-3H3,(H,40,41);1-2H3. The Morgan fingerprint density at radius 3 is 1.71 bits per heavy atom. The Hall–Kier alpha value is -5.03. The second-order valence-corrected chi connectivity index (χ2v) is 11.5. The molecule has 45 heavy (non-hydrogen) atoms. The lowest BCUT2D eigenvalue weighted by molar-refractivity contribution is 0.0698.